The molecule has 4 amide bonds. The number of carbonyl (C=O) groups is 3. The minimum Gasteiger partial charge on any atom is -0.394 e. The molecule has 2 rings (SSSR count). The number of nitrogens with zero attached hydrogens (tertiary/aromatic N) is 1. The largest absolute Gasteiger partial charge is 0.394 e. The Morgan fingerprint density at radius 1 is 1.31 bits per heavy atom. The standard InChI is InChI=1S/C19H27N3O4/c1-3-13(2)16(12-23)20-17(24)10-9-15-18(25)22(19(26)21-15)11-14-7-5-4-6-8-14/h4-8,13,15-16,23H,3,9-12H2,1-2H3,(H,20,24)(H,21,26)/t13-,15+,16-/m1/s1. The fraction of sp³-hybridized carbons (Fsp3) is 0.526. The molecule has 0 radical (unpaired) electrons. The molecular weight excluding hydrogens is 334 g/mol. The van der Waals surface area contributed by atoms with Gasteiger partial charge in [0, 0.05) is 6.42 Å². The SMILES string of the molecule is CC[C@@H](C)[C@@H](CO)NC(=O)CC[C@@H]1NC(=O)N(Cc2ccccc2)C1=O. The van der Waals surface area contributed by atoms with Crippen LogP contribution in [0.5, 0.6) is 0 Å². The van der Waals surface area contributed by atoms with Gasteiger partial charge in [-0.1, -0.05) is 50.6 Å². The van der Waals surface area contributed by atoms with Crippen LogP contribution in [0.15, 0.2) is 30.3 Å². The molecule has 1 fully saturated rings. The molecule has 3 atom stereocenters. The highest BCUT2D eigenvalue weighted by atomic mass is 16.3. The zero-order valence-electron chi connectivity index (χ0n) is 15.3. The van der Waals surface area contributed by atoms with Crippen molar-refractivity contribution in [1.29, 1.82) is 0 Å². The molecule has 1 aromatic carbocycles. The maximum absolute atomic E-state index is 12.4. The predicted octanol–water partition coefficient (Wildman–Crippen LogP) is 1.41. The van der Waals surface area contributed by atoms with Crippen molar-refractivity contribution in [1.82, 2.24) is 15.5 Å². The van der Waals surface area contributed by atoms with Crippen molar-refractivity contribution in [2.75, 3.05) is 6.61 Å². The fourth-order valence-electron chi connectivity index (χ4n) is 2.90. The lowest BCUT2D eigenvalue weighted by molar-refractivity contribution is -0.128. The lowest BCUT2D eigenvalue weighted by Gasteiger charge is -2.22. The van der Waals surface area contributed by atoms with E-state index in [1.165, 1.54) is 4.90 Å². The van der Waals surface area contributed by atoms with Crippen molar-refractivity contribution < 1.29 is 19.5 Å². The number of aliphatic hydroxyl groups is 1. The number of rotatable bonds is 9. The van der Waals surface area contributed by atoms with E-state index in [0.29, 0.717) is 0 Å². The Bertz CT molecular complexity index is 635. The highest BCUT2D eigenvalue weighted by Gasteiger charge is 2.37. The number of aliphatic hydroxyl groups excluding tert-OH is 1. The maximum Gasteiger partial charge on any atom is 0.325 e. The van der Waals surface area contributed by atoms with Gasteiger partial charge in [0.2, 0.25) is 5.91 Å². The first-order valence-electron chi connectivity index (χ1n) is 9.02. The lowest BCUT2D eigenvalue weighted by Crippen LogP contribution is -2.42. The monoisotopic (exact) mass is 361 g/mol. The molecule has 3 N–H and O–H groups in total. The Kier molecular flexibility index (Phi) is 7.15. The Morgan fingerprint density at radius 3 is 2.62 bits per heavy atom. The summed E-state index contributed by atoms with van der Waals surface area (Å²) in [6.07, 6.45) is 1.19. The van der Waals surface area contributed by atoms with E-state index in [2.05, 4.69) is 10.6 Å². The van der Waals surface area contributed by atoms with Crippen LogP contribution in [0, 0.1) is 5.92 Å². The summed E-state index contributed by atoms with van der Waals surface area (Å²) in [4.78, 5) is 37.8. The van der Waals surface area contributed by atoms with Crippen LogP contribution in [-0.2, 0) is 16.1 Å². The van der Waals surface area contributed by atoms with E-state index in [1.54, 1.807) is 0 Å². The smallest absolute Gasteiger partial charge is 0.325 e. The van der Waals surface area contributed by atoms with Gasteiger partial charge in [-0.15, -0.1) is 0 Å². The summed E-state index contributed by atoms with van der Waals surface area (Å²) in [6.45, 7) is 4.05. The van der Waals surface area contributed by atoms with Gasteiger partial charge in [0.15, 0.2) is 0 Å². The van der Waals surface area contributed by atoms with E-state index < -0.39 is 12.1 Å². The topological polar surface area (TPSA) is 98.7 Å². The molecule has 0 bridgehead atoms. The Labute approximate surface area is 153 Å². The van der Waals surface area contributed by atoms with Gasteiger partial charge in [-0.2, -0.15) is 0 Å². The van der Waals surface area contributed by atoms with Crippen LogP contribution >= 0.6 is 0 Å². The molecule has 1 aliphatic heterocycles. The summed E-state index contributed by atoms with van der Waals surface area (Å²) < 4.78 is 0. The molecule has 1 heterocycles. The van der Waals surface area contributed by atoms with Crippen LogP contribution in [0.3, 0.4) is 0 Å². The third-order valence-corrected chi connectivity index (χ3v) is 4.82. The number of hydrogen-bond acceptors (Lipinski definition) is 4. The van der Waals surface area contributed by atoms with Gasteiger partial charge < -0.3 is 15.7 Å². The zero-order valence-corrected chi connectivity index (χ0v) is 15.3. The van der Waals surface area contributed by atoms with E-state index in [9.17, 15) is 19.5 Å². The number of imide groups is 1. The van der Waals surface area contributed by atoms with Gasteiger partial charge in [0.1, 0.15) is 6.04 Å². The molecular formula is C19H27N3O4. The molecule has 142 valence electrons. The quantitative estimate of drug-likeness (QED) is 0.579. The highest BCUT2D eigenvalue weighted by molar-refractivity contribution is 6.04. The molecule has 1 aliphatic rings. The lowest BCUT2D eigenvalue weighted by atomic mass is 9.99. The Hall–Kier alpha value is -2.41. The number of urea groups is 1. The van der Waals surface area contributed by atoms with E-state index in [1.807, 2.05) is 44.2 Å². The summed E-state index contributed by atoms with van der Waals surface area (Å²) in [6, 6.07) is 7.86. The number of nitrogens with one attached hydrogen (secondary N) is 2. The van der Waals surface area contributed by atoms with Crippen LogP contribution in [0.1, 0.15) is 38.7 Å². The van der Waals surface area contributed by atoms with Crippen LogP contribution in [-0.4, -0.2) is 46.5 Å². The van der Waals surface area contributed by atoms with Crippen LogP contribution in [0.2, 0.25) is 0 Å². The molecule has 7 nitrogen and oxygen atoms in total. The molecule has 0 aliphatic carbocycles. The van der Waals surface area contributed by atoms with Crippen molar-refractivity contribution in [2.24, 2.45) is 5.92 Å². The first-order valence-corrected chi connectivity index (χ1v) is 9.02. The minimum absolute atomic E-state index is 0.114. The second-order valence-corrected chi connectivity index (χ2v) is 6.69. The molecule has 1 saturated heterocycles. The molecule has 0 saturated carbocycles. The van der Waals surface area contributed by atoms with Gasteiger partial charge in [0.25, 0.3) is 5.91 Å². The fourth-order valence-corrected chi connectivity index (χ4v) is 2.90. The van der Waals surface area contributed by atoms with Crippen LogP contribution in [0.25, 0.3) is 0 Å². The predicted molar refractivity (Wildman–Crippen MR) is 97.0 cm³/mol. The van der Waals surface area contributed by atoms with Crippen LogP contribution in [0.4, 0.5) is 4.79 Å². The van der Waals surface area contributed by atoms with E-state index >= 15 is 0 Å². The minimum atomic E-state index is -0.687. The first-order chi connectivity index (χ1) is 12.5. The maximum atomic E-state index is 12.4. The summed E-state index contributed by atoms with van der Waals surface area (Å²) in [5, 5.41) is 14.8. The van der Waals surface area contributed by atoms with E-state index in [4.69, 9.17) is 0 Å². The summed E-state index contributed by atoms with van der Waals surface area (Å²) in [5.41, 5.74) is 0.869. The molecule has 0 unspecified atom stereocenters. The normalized spacial score (nSPS) is 19.2. The molecule has 0 spiro atoms. The van der Waals surface area contributed by atoms with Crippen molar-refractivity contribution in [3.63, 3.8) is 0 Å². The van der Waals surface area contributed by atoms with Gasteiger partial charge in [0.05, 0.1) is 19.2 Å². The molecule has 0 aromatic heterocycles. The van der Waals surface area contributed by atoms with Crippen molar-refractivity contribution in [2.45, 2.75) is 51.7 Å². The summed E-state index contributed by atoms with van der Waals surface area (Å²) >= 11 is 0. The van der Waals surface area contributed by atoms with E-state index in [0.717, 1.165) is 12.0 Å². The summed E-state index contributed by atoms with van der Waals surface area (Å²) in [5.74, 6) is -0.377. The average molecular weight is 361 g/mol. The average Bonchev–Trinajstić information content (AvgIpc) is 2.92. The number of hydrogen-bond donors (Lipinski definition) is 3. The summed E-state index contributed by atoms with van der Waals surface area (Å²) in [7, 11) is 0. The van der Waals surface area contributed by atoms with Gasteiger partial charge in [-0.25, -0.2) is 4.79 Å². The van der Waals surface area contributed by atoms with Crippen molar-refractivity contribution in [3.8, 4) is 0 Å². The second kappa shape index (κ2) is 9.33. The zero-order chi connectivity index (χ0) is 19.1. The first kappa shape index (κ1) is 19.9. The number of benzene rings is 1. The molecule has 26 heavy (non-hydrogen) atoms. The van der Waals surface area contributed by atoms with Crippen molar-refractivity contribution in [3.05, 3.63) is 35.9 Å². The van der Waals surface area contributed by atoms with Crippen LogP contribution < -0.4 is 10.6 Å². The van der Waals surface area contributed by atoms with Gasteiger partial charge in [-0.05, 0) is 17.9 Å². The Balaban J connectivity index is 1.85. The molecule has 7 heteroatoms. The third-order valence-electron chi connectivity index (χ3n) is 4.82. The third kappa shape index (κ3) is 5.05. The van der Waals surface area contributed by atoms with Gasteiger partial charge in [-0.3, -0.25) is 14.5 Å². The molecule has 1 aromatic rings. The van der Waals surface area contributed by atoms with Crippen molar-refractivity contribution >= 4 is 17.8 Å². The number of amides is 4. The highest BCUT2D eigenvalue weighted by Crippen LogP contribution is 2.15. The Morgan fingerprint density at radius 2 is 2.00 bits per heavy atom. The number of carbonyl (C=O) groups excluding carboxylic acids is 3. The van der Waals surface area contributed by atoms with Gasteiger partial charge >= 0.3 is 6.03 Å². The second-order valence-electron chi connectivity index (χ2n) is 6.69. The van der Waals surface area contributed by atoms with E-state index in [-0.39, 0.29) is 49.8 Å².